The molecular weight excluding hydrogens is 316 g/mol. The molecule has 0 fully saturated rings. The fourth-order valence-corrected chi connectivity index (χ4v) is 2.04. The molecule has 0 aliphatic rings. The van der Waals surface area contributed by atoms with Gasteiger partial charge in [0, 0.05) is 11.9 Å². The molecular formula is C18H14N6O. The van der Waals surface area contributed by atoms with Crippen LogP contribution >= 0.6 is 0 Å². The van der Waals surface area contributed by atoms with Crippen LogP contribution in [0.1, 0.15) is 21.7 Å². The van der Waals surface area contributed by atoms with Gasteiger partial charge in [0.2, 0.25) is 0 Å². The number of nitrogens with zero attached hydrogens (tertiary/aromatic N) is 4. The van der Waals surface area contributed by atoms with Gasteiger partial charge in [-0.25, -0.2) is 9.97 Å². The Bertz CT molecular complexity index is 886. The minimum absolute atomic E-state index is 0.202. The van der Waals surface area contributed by atoms with Crippen LogP contribution in [0.2, 0.25) is 0 Å². The van der Waals surface area contributed by atoms with Gasteiger partial charge in [0.25, 0.3) is 5.91 Å². The van der Waals surface area contributed by atoms with E-state index in [0.29, 0.717) is 23.6 Å². The zero-order valence-corrected chi connectivity index (χ0v) is 13.2. The second kappa shape index (κ2) is 7.66. The van der Waals surface area contributed by atoms with E-state index in [1.165, 1.54) is 12.4 Å². The number of amides is 1. The van der Waals surface area contributed by atoms with Crippen LogP contribution in [-0.2, 0) is 6.54 Å². The molecule has 1 amide bonds. The average molecular weight is 330 g/mol. The van der Waals surface area contributed by atoms with Crippen molar-refractivity contribution in [3.63, 3.8) is 0 Å². The van der Waals surface area contributed by atoms with Crippen LogP contribution in [0.15, 0.2) is 61.1 Å². The summed E-state index contributed by atoms with van der Waals surface area (Å²) < 4.78 is 0. The summed E-state index contributed by atoms with van der Waals surface area (Å²) in [7, 11) is 0. The fourth-order valence-electron chi connectivity index (χ4n) is 2.04. The van der Waals surface area contributed by atoms with E-state index in [9.17, 15) is 4.79 Å². The van der Waals surface area contributed by atoms with Gasteiger partial charge in [-0.1, -0.05) is 6.07 Å². The molecule has 1 aromatic carbocycles. The van der Waals surface area contributed by atoms with E-state index < -0.39 is 0 Å². The summed E-state index contributed by atoms with van der Waals surface area (Å²) >= 11 is 0. The highest BCUT2D eigenvalue weighted by atomic mass is 16.1. The van der Waals surface area contributed by atoms with E-state index in [4.69, 9.17) is 5.26 Å². The van der Waals surface area contributed by atoms with E-state index in [0.717, 1.165) is 5.69 Å². The van der Waals surface area contributed by atoms with Crippen molar-refractivity contribution in [1.82, 2.24) is 15.0 Å². The molecule has 25 heavy (non-hydrogen) atoms. The van der Waals surface area contributed by atoms with Crippen molar-refractivity contribution in [3.8, 4) is 6.07 Å². The van der Waals surface area contributed by atoms with Gasteiger partial charge < -0.3 is 10.6 Å². The summed E-state index contributed by atoms with van der Waals surface area (Å²) in [4.78, 5) is 24.6. The van der Waals surface area contributed by atoms with Crippen LogP contribution in [0.5, 0.6) is 0 Å². The van der Waals surface area contributed by atoms with Crippen LogP contribution in [-0.4, -0.2) is 20.9 Å². The van der Waals surface area contributed by atoms with Gasteiger partial charge in [-0.2, -0.15) is 5.26 Å². The van der Waals surface area contributed by atoms with E-state index in [1.807, 2.05) is 24.3 Å². The third kappa shape index (κ3) is 4.36. The minimum atomic E-state index is -0.367. The summed E-state index contributed by atoms with van der Waals surface area (Å²) in [6.07, 6.45) is 4.62. The van der Waals surface area contributed by atoms with Crippen LogP contribution in [0, 0.1) is 11.3 Å². The van der Waals surface area contributed by atoms with Gasteiger partial charge in [-0.15, -0.1) is 0 Å². The van der Waals surface area contributed by atoms with E-state index in [-0.39, 0.29) is 11.6 Å². The Morgan fingerprint density at radius 2 is 1.88 bits per heavy atom. The number of pyridine rings is 1. The first-order chi connectivity index (χ1) is 12.2. The lowest BCUT2D eigenvalue weighted by atomic mass is 10.2. The number of benzene rings is 1. The predicted octanol–water partition coefficient (Wildman–Crippen LogP) is 2.61. The second-order valence-electron chi connectivity index (χ2n) is 5.10. The molecule has 3 aromatic rings. The number of hydrogen-bond donors (Lipinski definition) is 2. The second-order valence-corrected chi connectivity index (χ2v) is 5.10. The molecule has 3 rings (SSSR count). The zero-order chi connectivity index (χ0) is 17.5. The number of aromatic nitrogens is 3. The molecule has 0 spiro atoms. The topological polar surface area (TPSA) is 104 Å². The normalized spacial score (nSPS) is 9.88. The van der Waals surface area contributed by atoms with Crippen LogP contribution in [0.4, 0.5) is 11.5 Å². The van der Waals surface area contributed by atoms with E-state index in [2.05, 4.69) is 25.6 Å². The Morgan fingerprint density at radius 3 is 2.52 bits per heavy atom. The standard InChI is InChI=1S/C18H14N6O/c19-9-13-4-6-14(7-5-13)24-18(25)16-11-23-17(12-21-16)22-10-15-3-1-2-8-20-15/h1-8,11-12H,10H2,(H,22,23)(H,24,25). The van der Waals surface area contributed by atoms with Gasteiger partial charge in [-0.3, -0.25) is 9.78 Å². The molecule has 0 aliphatic heterocycles. The summed E-state index contributed by atoms with van der Waals surface area (Å²) in [5.41, 5.74) is 2.20. The number of hydrogen-bond acceptors (Lipinski definition) is 6. The highest BCUT2D eigenvalue weighted by Gasteiger charge is 2.08. The maximum atomic E-state index is 12.2. The summed E-state index contributed by atoms with van der Waals surface area (Å²) in [5, 5.41) is 14.6. The molecule has 122 valence electrons. The summed E-state index contributed by atoms with van der Waals surface area (Å²) in [6, 6.07) is 14.3. The first-order valence-corrected chi connectivity index (χ1v) is 7.52. The molecule has 7 heteroatoms. The average Bonchev–Trinajstić information content (AvgIpc) is 2.68. The highest BCUT2D eigenvalue weighted by Crippen LogP contribution is 2.10. The SMILES string of the molecule is N#Cc1ccc(NC(=O)c2cnc(NCc3ccccn3)cn2)cc1. The van der Waals surface area contributed by atoms with Gasteiger partial charge >= 0.3 is 0 Å². The zero-order valence-electron chi connectivity index (χ0n) is 13.2. The summed E-state index contributed by atoms with van der Waals surface area (Å²) in [6.45, 7) is 0.520. The predicted molar refractivity (Wildman–Crippen MR) is 92.7 cm³/mol. The van der Waals surface area contributed by atoms with Crippen LogP contribution in [0.25, 0.3) is 0 Å². The Labute approximate surface area is 144 Å². The fraction of sp³-hybridized carbons (Fsp3) is 0.0556. The largest absolute Gasteiger partial charge is 0.363 e. The molecule has 2 heterocycles. The Hall–Kier alpha value is -3.79. The number of nitrogens with one attached hydrogen (secondary N) is 2. The lowest BCUT2D eigenvalue weighted by Gasteiger charge is -2.07. The molecule has 0 bridgehead atoms. The van der Waals surface area contributed by atoms with Crippen molar-refractivity contribution < 1.29 is 4.79 Å². The summed E-state index contributed by atoms with van der Waals surface area (Å²) in [5.74, 6) is 0.189. The molecule has 0 aliphatic carbocycles. The number of nitriles is 1. The van der Waals surface area contributed by atoms with Crippen LogP contribution < -0.4 is 10.6 Å². The lowest BCUT2D eigenvalue weighted by Crippen LogP contribution is -2.14. The van der Waals surface area contributed by atoms with E-state index >= 15 is 0 Å². The number of carbonyl (C=O) groups excluding carboxylic acids is 1. The molecule has 7 nitrogen and oxygen atoms in total. The van der Waals surface area contributed by atoms with Crippen molar-refractivity contribution in [2.45, 2.75) is 6.54 Å². The smallest absolute Gasteiger partial charge is 0.275 e. The van der Waals surface area contributed by atoms with Gasteiger partial charge in [-0.05, 0) is 36.4 Å². The van der Waals surface area contributed by atoms with Gasteiger partial charge in [0.15, 0.2) is 0 Å². The maximum absolute atomic E-state index is 12.2. The maximum Gasteiger partial charge on any atom is 0.275 e. The molecule has 0 atom stereocenters. The molecule has 0 radical (unpaired) electrons. The van der Waals surface area contributed by atoms with Crippen molar-refractivity contribution in [2.24, 2.45) is 0 Å². The van der Waals surface area contributed by atoms with Crippen LogP contribution in [0.3, 0.4) is 0 Å². The molecule has 0 saturated carbocycles. The van der Waals surface area contributed by atoms with E-state index in [1.54, 1.807) is 30.5 Å². The number of carbonyl (C=O) groups is 1. The monoisotopic (exact) mass is 330 g/mol. The van der Waals surface area contributed by atoms with Crippen molar-refractivity contribution >= 4 is 17.4 Å². The molecule has 0 unspecified atom stereocenters. The molecule has 2 N–H and O–H groups in total. The minimum Gasteiger partial charge on any atom is -0.363 e. The van der Waals surface area contributed by atoms with Gasteiger partial charge in [0.05, 0.1) is 36.3 Å². The van der Waals surface area contributed by atoms with Crippen molar-refractivity contribution in [1.29, 1.82) is 5.26 Å². The lowest BCUT2D eigenvalue weighted by molar-refractivity contribution is 0.102. The Morgan fingerprint density at radius 1 is 1.04 bits per heavy atom. The number of anilines is 2. The van der Waals surface area contributed by atoms with Gasteiger partial charge in [0.1, 0.15) is 11.5 Å². The molecule has 2 aromatic heterocycles. The number of rotatable bonds is 5. The first kappa shape index (κ1) is 16.1. The molecule has 0 saturated heterocycles. The third-order valence-electron chi connectivity index (χ3n) is 3.33. The third-order valence-corrected chi connectivity index (χ3v) is 3.33. The quantitative estimate of drug-likeness (QED) is 0.745. The first-order valence-electron chi connectivity index (χ1n) is 7.52. The van der Waals surface area contributed by atoms with Crippen molar-refractivity contribution in [2.75, 3.05) is 10.6 Å². The highest BCUT2D eigenvalue weighted by molar-refractivity contribution is 6.02. The van der Waals surface area contributed by atoms with Crippen molar-refractivity contribution in [3.05, 3.63) is 78.0 Å². The Kier molecular flexibility index (Phi) is 4.93. The Balaban J connectivity index is 1.59.